The van der Waals surface area contributed by atoms with Crippen molar-refractivity contribution in [3.8, 4) is 0 Å². The standard InChI is InChI=1S/C17H18O3/c18-13-12-17(20,15-10-6-3-7-11-15)16(19)14-8-4-1-2-5-9-14/h1-8,10-11,18,20H,9,12-13H2. The average Bonchev–Trinajstić information content (AvgIpc) is 2.76. The Labute approximate surface area is 118 Å². The number of aliphatic hydroxyl groups is 2. The van der Waals surface area contributed by atoms with E-state index in [0.29, 0.717) is 17.6 Å². The highest BCUT2D eigenvalue weighted by Crippen LogP contribution is 2.30. The van der Waals surface area contributed by atoms with E-state index in [9.17, 15) is 15.0 Å². The second-order valence-electron chi connectivity index (χ2n) is 4.74. The van der Waals surface area contributed by atoms with E-state index in [2.05, 4.69) is 0 Å². The van der Waals surface area contributed by atoms with Gasteiger partial charge in [-0.05, 0) is 12.0 Å². The van der Waals surface area contributed by atoms with Crippen LogP contribution in [0.5, 0.6) is 0 Å². The number of Topliss-reactive ketones (excluding diaryl/α,β-unsaturated/α-hetero) is 1. The van der Waals surface area contributed by atoms with Crippen LogP contribution in [0.3, 0.4) is 0 Å². The Morgan fingerprint density at radius 1 is 1.15 bits per heavy atom. The Balaban J connectivity index is 2.38. The van der Waals surface area contributed by atoms with Crippen molar-refractivity contribution in [1.82, 2.24) is 0 Å². The van der Waals surface area contributed by atoms with Crippen molar-refractivity contribution in [3.63, 3.8) is 0 Å². The van der Waals surface area contributed by atoms with Gasteiger partial charge in [-0.25, -0.2) is 0 Å². The van der Waals surface area contributed by atoms with Crippen LogP contribution in [0.2, 0.25) is 0 Å². The van der Waals surface area contributed by atoms with E-state index < -0.39 is 5.60 Å². The molecule has 1 aromatic carbocycles. The van der Waals surface area contributed by atoms with Gasteiger partial charge < -0.3 is 10.2 Å². The van der Waals surface area contributed by atoms with E-state index in [4.69, 9.17) is 0 Å². The Kier molecular flexibility index (Phi) is 4.66. The van der Waals surface area contributed by atoms with E-state index in [0.717, 1.165) is 0 Å². The summed E-state index contributed by atoms with van der Waals surface area (Å²) in [6.07, 6.45) is 9.54. The zero-order valence-corrected chi connectivity index (χ0v) is 11.2. The van der Waals surface area contributed by atoms with Crippen LogP contribution >= 0.6 is 0 Å². The van der Waals surface area contributed by atoms with Crippen molar-refractivity contribution in [1.29, 1.82) is 0 Å². The van der Waals surface area contributed by atoms with Crippen LogP contribution in [0.1, 0.15) is 18.4 Å². The first kappa shape index (κ1) is 14.4. The summed E-state index contributed by atoms with van der Waals surface area (Å²) in [7, 11) is 0. The molecule has 104 valence electrons. The van der Waals surface area contributed by atoms with Crippen LogP contribution in [0, 0.1) is 0 Å². The van der Waals surface area contributed by atoms with Gasteiger partial charge in [0.1, 0.15) is 0 Å². The summed E-state index contributed by atoms with van der Waals surface area (Å²) in [5.74, 6) is -0.353. The molecule has 1 aliphatic carbocycles. The number of carbonyl (C=O) groups is 1. The van der Waals surface area contributed by atoms with E-state index in [1.807, 2.05) is 24.3 Å². The van der Waals surface area contributed by atoms with Crippen LogP contribution < -0.4 is 0 Å². The molecule has 0 bridgehead atoms. The molecule has 1 aliphatic rings. The summed E-state index contributed by atoms with van der Waals surface area (Å²) in [6.45, 7) is -0.254. The fourth-order valence-electron chi connectivity index (χ4n) is 2.28. The second kappa shape index (κ2) is 6.46. The summed E-state index contributed by atoms with van der Waals surface area (Å²) in [6, 6.07) is 8.77. The van der Waals surface area contributed by atoms with E-state index in [1.54, 1.807) is 36.4 Å². The Morgan fingerprint density at radius 3 is 2.60 bits per heavy atom. The fourth-order valence-corrected chi connectivity index (χ4v) is 2.28. The molecule has 2 rings (SSSR count). The largest absolute Gasteiger partial charge is 0.396 e. The average molecular weight is 270 g/mol. The van der Waals surface area contributed by atoms with Crippen molar-refractivity contribution in [2.75, 3.05) is 6.61 Å². The van der Waals surface area contributed by atoms with Gasteiger partial charge in [-0.1, -0.05) is 60.7 Å². The quantitative estimate of drug-likeness (QED) is 0.863. The maximum absolute atomic E-state index is 12.7. The molecule has 1 atom stereocenters. The summed E-state index contributed by atoms with van der Waals surface area (Å²) in [5.41, 5.74) is -0.625. The Hall–Kier alpha value is -1.97. The van der Waals surface area contributed by atoms with Crippen molar-refractivity contribution in [2.24, 2.45) is 0 Å². The van der Waals surface area contributed by atoms with Crippen LogP contribution in [0.15, 0.2) is 66.3 Å². The minimum absolute atomic E-state index is 0.0133. The monoisotopic (exact) mass is 270 g/mol. The number of carbonyl (C=O) groups excluding carboxylic acids is 1. The summed E-state index contributed by atoms with van der Waals surface area (Å²) >= 11 is 0. The molecule has 0 fully saturated rings. The summed E-state index contributed by atoms with van der Waals surface area (Å²) < 4.78 is 0. The van der Waals surface area contributed by atoms with Gasteiger partial charge in [0.15, 0.2) is 11.4 Å². The third kappa shape index (κ3) is 2.95. The molecule has 0 saturated heterocycles. The lowest BCUT2D eigenvalue weighted by atomic mass is 9.82. The molecule has 20 heavy (non-hydrogen) atoms. The summed E-state index contributed by atoms with van der Waals surface area (Å²) in [5, 5.41) is 20.0. The van der Waals surface area contributed by atoms with Gasteiger partial charge in [-0.3, -0.25) is 4.79 Å². The molecule has 0 spiro atoms. The lowest BCUT2D eigenvalue weighted by molar-refractivity contribution is -0.136. The maximum atomic E-state index is 12.7. The van der Waals surface area contributed by atoms with E-state index in [-0.39, 0.29) is 18.8 Å². The number of rotatable bonds is 5. The van der Waals surface area contributed by atoms with Gasteiger partial charge in [-0.2, -0.15) is 0 Å². The molecule has 0 aliphatic heterocycles. The lowest BCUT2D eigenvalue weighted by Gasteiger charge is -2.27. The van der Waals surface area contributed by atoms with Crippen LogP contribution in [-0.4, -0.2) is 22.6 Å². The molecular weight excluding hydrogens is 252 g/mol. The third-order valence-corrected chi connectivity index (χ3v) is 3.39. The molecule has 1 aromatic rings. The highest BCUT2D eigenvalue weighted by atomic mass is 16.3. The second-order valence-corrected chi connectivity index (χ2v) is 4.74. The number of benzene rings is 1. The molecule has 1 unspecified atom stereocenters. The van der Waals surface area contributed by atoms with Crippen molar-refractivity contribution in [2.45, 2.75) is 18.4 Å². The van der Waals surface area contributed by atoms with Crippen LogP contribution in [0.4, 0.5) is 0 Å². The van der Waals surface area contributed by atoms with E-state index >= 15 is 0 Å². The molecule has 2 N–H and O–H groups in total. The first-order valence-electron chi connectivity index (χ1n) is 6.64. The smallest absolute Gasteiger partial charge is 0.195 e. The van der Waals surface area contributed by atoms with Crippen LogP contribution in [0.25, 0.3) is 0 Å². The van der Waals surface area contributed by atoms with Crippen LogP contribution in [-0.2, 0) is 10.4 Å². The molecule has 0 heterocycles. The number of allylic oxidation sites excluding steroid dienone is 5. The topological polar surface area (TPSA) is 57.5 Å². The molecule has 0 amide bonds. The normalized spacial score (nSPS) is 17.2. The molecule has 3 heteroatoms. The van der Waals surface area contributed by atoms with Crippen molar-refractivity contribution >= 4 is 5.78 Å². The third-order valence-electron chi connectivity index (χ3n) is 3.39. The van der Waals surface area contributed by atoms with Gasteiger partial charge >= 0.3 is 0 Å². The number of hydrogen-bond acceptors (Lipinski definition) is 3. The molecule has 0 aromatic heterocycles. The highest BCUT2D eigenvalue weighted by molar-refractivity contribution is 6.02. The predicted molar refractivity (Wildman–Crippen MR) is 78.0 cm³/mol. The lowest BCUT2D eigenvalue weighted by Crippen LogP contribution is -2.37. The first-order chi connectivity index (χ1) is 9.68. The van der Waals surface area contributed by atoms with Gasteiger partial charge in [0.25, 0.3) is 0 Å². The first-order valence-corrected chi connectivity index (χ1v) is 6.64. The number of ketones is 1. The maximum Gasteiger partial charge on any atom is 0.195 e. The zero-order chi connectivity index (χ0) is 14.4. The number of aliphatic hydroxyl groups excluding tert-OH is 1. The summed E-state index contributed by atoms with van der Waals surface area (Å²) in [4.78, 5) is 12.7. The minimum Gasteiger partial charge on any atom is -0.396 e. The zero-order valence-electron chi connectivity index (χ0n) is 11.2. The Bertz CT molecular complexity index is 555. The van der Waals surface area contributed by atoms with Crippen molar-refractivity contribution < 1.29 is 15.0 Å². The van der Waals surface area contributed by atoms with Gasteiger partial charge in [0, 0.05) is 18.6 Å². The van der Waals surface area contributed by atoms with Gasteiger partial charge in [0.2, 0.25) is 0 Å². The molecule has 3 nitrogen and oxygen atoms in total. The predicted octanol–water partition coefficient (Wildman–Crippen LogP) is 2.27. The van der Waals surface area contributed by atoms with Crippen molar-refractivity contribution in [3.05, 3.63) is 71.8 Å². The van der Waals surface area contributed by atoms with E-state index in [1.165, 1.54) is 0 Å². The van der Waals surface area contributed by atoms with Gasteiger partial charge in [0.05, 0.1) is 0 Å². The fraction of sp³-hybridized carbons (Fsp3) is 0.235. The molecule has 0 radical (unpaired) electrons. The van der Waals surface area contributed by atoms with Gasteiger partial charge in [-0.15, -0.1) is 0 Å². The highest BCUT2D eigenvalue weighted by Gasteiger charge is 2.38. The molecule has 0 saturated carbocycles. The molecular formula is C17H18O3. The SMILES string of the molecule is O=C(C1=CC=CC=CC1)C(O)(CCO)c1ccccc1. The minimum atomic E-state index is -1.67. The Morgan fingerprint density at radius 2 is 1.90 bits per heavy atom. The number of hydrogen-bond donors (Lipinski definition) is 2.